The fourth-order valence-corrected chi connectivity index (χ4v) is 3.29. The zero-order valence-corrected chi connectivity index (χ0v) is 16.3. The van der Waals surface area contributed by atoms with Crippen molar-refractivity contribution in [2.75, 3.05) is 33.8 Å². The molecule has 144 valence electrons. The predicted octanol–water partition coefficient (Wildman–Crippen LogP) is 2.15. The second-order valence-corrected chi connectivity index (χ2v) is 6.73. The lowest BCUT2D eigenvalue weighted by Gasteiger charge is -2.34. The lowest BCUT2D eigenvalue weighted by molar-refractivity contribution is -0.121. The number of carbonyl (C=O) groups is 1. The molecule has 1 amide bonds. The summed E-state index contributed by atoms with van der Waals surface area (Å²) in [5, 5.41) is 6.12. The van der Waals surface area contributed by atoms with Crippen LogP contribution >= 0.6 is 0 Å². The number of piperidine rings is 1. The minimum Gasteiger partial charge on any atom is -0.380 e. The van der Waals surface area contributed by atoms with E-state index in [0.717, 1.165) is 38.4 Å². The molecule has 6 nitrogen and oxygen atoms in total. The Morgan fingerprint density at radius 3 is 2.69 bits per heavy atom. The molecule has 0 aromatic heterocycles. The molecule has 1 aromatic carbocycles. The van der Waals surface area contributed by atoms with Gasteiger partial charge in [0.15, 0.2) is 5.96 Å². The van der Waals surface area contributed by atoms with Crippen LogP contribution in [0.15, 0.2) is 29.3 Å². The monoisotopic (exact) mass is 360 g/mol. The van der Waals surface area contributed by atoms with Crippen LogP contribution in [0.4, 0.5) is 0 Å². The molecule has 0 aliphatic carbocycles. The quantitative estimate of drug-likeness (QED) is 0.578. The number of aliphatic imine (C=N–C) groups is 1. The number of ether oxygens (including phenoxy) is 1. The van der Waals surface area contributed by atoms with Crippen LogP contribution in [0.2, 0.25) is 0 Å². The summed E-state index contributed by atoms with van der Waals surface area (Å²) in [6.07, 6.45) is 2.69. The Bertz CT molecular complexity index is 595. The summed E-state index contributed by atoms with van der Waals surface area (Å²) < 4.78 is 5.20. The van der Waals surface area contributed by atoms with Gasteiger partial charge in [-0.3, -0.25) is 4.79 Å². The summed E-state index contributed by atoms with van der Waals surface area (Å²) >= 11 is 0. The molecule has 2 rings (SSSR count). The van der Waals surface area contributed by atoms with Crippen LogP contribution in [0, 0.1) is 5.92 Å². The Kier molecular flexibility index (Phi) is 8.41. The fourth-order valence-electron chi connectivity index (χ4n) is 3.29. The zero-order chi connectivity index (χ0) is 18.8. The van der Waals surface area contributed by atoms with Crippen molar-refractivity contribution < 1.29 is 9.53 Å². The molecule has 0 spiro atoms. The molecule has 1 aliphatic heterocycles. The van der Waals surface area contributed by atoms with Crippen LogP contribution < -0.4 is 10.6 Å². The van der Waals surface area contributed by atoms with E-state index in [1.165, 1.54) is 11.1 Å². The normalized spacial score (nSPS) is 15.8. The van der Waals surface area contributed by atoms with Crippen molar-refractivity contribution in [3.05, 3.63) is 35.4 Å². The van der Waals surface area contributed by atoms with Gasteiger partial charge in [0.05, 0.1) is 13.2 Å². The first kappa shape index (κ1) is 20.2. The maximum atomic E-state index is 11.6. The number of rotatable bonds is 7. The van der Waals surface area contributed by atoms with Crippen LogP contribution in [0.25, 0.3) is 0 Å². The number of nitrogens with zero attached hydrogens (tertiary/aromatic N) is 2. The van der Waals surface area contributed by atoms with Gasteiger partial charge >= 0.3 is 0 Å². The highest BCUT2D eigenvalue weighted by atomic mass is 16.5. The van der Waals surface area contributed by atoms with Crippen molar-refractivity contribution >= 4 is 11.9 Å². The molecule has 6 heteroatoms. The Morgan fingerprint density at radius 2 is 2.04 bits per heavy atom. The summed E-state index contributed by atoms with van der Waals surface area (Å²) in [5.41, 5.74) is 2.35. The van der Waals surface area contributed by atoms with Crippen molar-refractivity contribution in [2.24, 2.45) is 10.9 Å². The van der Waals surface area contributed by atoms with E-state index in [-0.39, 0.29) is 5.91 Å². The Labute approximate surface area is 157 Å². The van der Waals surface area contributed by atoms with Crippen molar-refractivity contribution in [3.8, 4) is 0 Å². The largest absolute Gasteiger partial charge is 0.380 e. The summed E-state index contributed by atoms with van der Waals surface area (Å²) in [4.78, 5) is 18.7. The topological polar surface area (TPSA) is 66.0 Å². The van der Waals surface area contributed by atoms with E-state index in [1.807, 2.05) is 0 Å². The molecule has 26 heavy (non-hydrogen) atoms. The molecule has 1 aliphatic rings. The number of hydrogen-bond donors (Lipinski definition) is 2. The predicted molar refractivity (Wildman–Crippen MR) is 105 cm³/mol. The highest BCUT2D eigenvalue weighted by molar-refractivity contribution is 5.80. The van der Waals surface area contributed by atoms with E-state index in [9.17, 15) is 4.79 Å². The maximum Gasteiger partial charge on any atom is 0.220 e. The smallest absolute Gasteiger partial charge is 0.220 e. The van der Waals surface area contributed by atoms with E-state index < -0.39 is 0 Å². The average molecular weight is 361 g/mol. The zero-order valence-electron chi connectivity index (χ0n) is 16.3. The number of methoxy groups -OCH3 is 1. The van der Waals surface area contributed by atoms with E-state index >= 15 is 0 Å². The number of hydrogen-bond acceptors (Lipinski definition) is 3. The van der Waals surface area contributed by atoms with Crippen LogP contribution in [0.5, 0.6) is 0 Å². The van der Waals surface area contributed by atoms with Gasteiger partial charge in [0.25, 0.3) is 0 Å². The number of guanidine groups is 1. The summed E-state index contributed by atoms with van der Waals surface area (Å²) in [5.74, 6) is 1.57. The number of carbonyl (C=O) groups excluding carboxylic acids is 1. The second-order valence-electron chi connectivity index (χ2n) is 6.73. The van der Waals surface area contributed by atoms with Gasteiger partial charge in [-0.1, -0.05) is 24.3 Å². The van der Waals surface area contributed by atoms with E-state index in [1.54, 1.807) is 14.2 Å². The van der Waals surface area contributed by atoms with Gasteiger partial charge in [0, 0.05) is 40.2 Å². The standard InChI is InChI=1S/C20H32N4O2/c1-4-22-20(23-14-17-6-5-7-18(12-17)15-26-3)24-10-8-16(9-11-24)13-19(25)21-2/h5-7,12,16H,4,8-11,13-15H2,1-3H3,(H,21,25)(H,22,23). The summed E-state index contributed by atoms with van der Waals surface area (Å²) in [7, 11) is 3.41. The van der Waals surface area contributed by atoms with E-state index in [4.69, 9.17) is 9.73 Å². The molecular weight excluding hydrogens is 328 g/mol. The number of benzene rings is 1. The molecule has 2 N–H and O–H groups in total. The highest BCUT2D eigenvalue weighted by Crippen LogP contribution is 2.20. The first-order chi connectivity index (χ1) is 12.7. The molecule has 0 radical (unpaired) electrons. The summed E-state index contributed by atoms with van der Waals surface area (Å²) in [6, 6.07) is 8.36. The molecule has 0 bridgehead atoms. The third kappa shape index (κ3) is 6.33. The SMILES string of the molecule is CCNC(=NCc1cccc(COC)c1)N1CCC(CC(=O)NC)CC1. The van der Waals surface area contributed by atoms with Crippen LogP contribution in [-0.4, -0.2) is 50.6 Å². The Hall–Kier alpha value is -2.08. The molecular formula is C20H32N4O2. The first-order valence-electron chi connectivity index (χ1n) is 9.46. The molecule has 0 atom stereocenters. The fraction of sp³-hybridized carbons (Fsp3) is 0.600. The maximum absolute atomic E-state index is 11.6. The van der Waals surface area contributed by atoms with Crippen molar-refractivity contribution in [2.45, 2.75) is 39.3 Å². The van der Waals surface area contributed by atoms with Gasteiger partial charge in [-0.2, -0.15) is 0 Å². The Balaban J connectivity index is 1.94. The van der Waals surface area contributed by atoms with Gasteiger partial charge in [-0.25, -0.2) is 4.99 Å². The number of nitrogens with one attached hydrogen (secondary N) is 2. The van der Waals surface area contributed by atoms with Gasteiger partial charge in [-0.15, -0.1) is 0 Å². The molecule has 1 heterocycles. The van der Waals surface area contributed by atoms with E-state index in [2.05, 4.69) is 46.7 Å². The lowest BCUT2D eigenvalue weighted by Crippen LogP contribution is -2.46. The van der Waals surface area contributed by atoms with Crippen molar-refractivity contribution in [1.82, 2.24) is 15.5 Å². The minimum absolute atomic E-state index is 0.139. The van der Waals surface area contributed by atoms with Crippen LogP contribution in [-0.2, 0) is 22.7 Å². The van der Waals surface area contributed by atoms with Gasteiger partial charge in [0.1, 0.15) is 0 Å². The average Bonchev–Trinajstić information content (AvgIpc) is 2.66. The second kappa shape index (κ2) is 10.8. The highest BCUT2D eigenvalue weighted by Gasteiger charge is 2.23. The molecule has 1 fully saturated rings. The number of amides is 1. The van der Waals surface area contributed by atoms with Crippen LogP contribution in [0.3, 0.4) is 0 Å². The Morgan fingerprint density at radius 1 is 1.31 bits per heavy atom. The van der Waals surface area contributed by atoms with E-state index in [0.29, 0.717) is 25.5 Å². The molecule has 1 saturated heterocycles. The van der Waals surface area contributed by atoms with Crippen molar-refractivity contribution in [1.29, 1.82) is 0 Å². The lowest BCUT2D eigenvalue weighted by atomic mass is 9.93. The van der Waals surface area contributed by atoms with Gasteiger partial charge in [0.2, 0.25) is 5.91 Å². The summed E-state index contributed by atoms with van der Waals surface area (Å²) in [6.45, 7) is 6.09. The minimum atomic E-state index is 0.139. The van der Waals surface area contributed by atoms with Gasteiger partial charge < -0.3 is 20.3 Å². The first-order valence-corrected chi connectivity index (χ1v) is 9.46. The third-order valence-electron chi connectivity index (χ3n) is 4.72. The molecule has 1 aromatic rings. The van der Waals surface area contributed by atoms with Crippen molar-refractivity contribution in [3.63, 3.8) is 0 Å². The van der Waals surface area contributed by atoms with Crippen LogP contribution in [0.1, 0.15) is 37.3 Å². The molecule has 0 unspecified atom stereocenters. The van der Waals surface area contributed by atoms with Gasteiger partial charge in [-0.05, 0) is 36.8 Å². The molecule has 0 saturated carbocycles. The third-order valence-corrected chi connectivity index (χ3v) is 4.72. The number of likely N-dealkylation sites (tertiary alicyclic amines) is 1.